The van der Waals surface area contributed by atoms with Gasteiger partial charge in [0.1, 0.15) is 11.6 Å². The number of aromatic nitrogens is 4. The average Bonchev–Trinajstić information content (AvgIpc) is 2.82. The molecule has 2 aromatic rings. The number of anilines is 2. The average molecular weight is 280 g/mol. The first-order chi connectivity index (χ1) is 9.60. The SMILES string of the molecule is Nc1nc(N)c2ncn([C@H]3CO[C@H](CO)[C@@H](O)C3)c2n1. The zero-order valence-electron chi connectivity index (χ0n) is 10.7. The summed E-state index contributed by atoms with van der Waals surface area (Å²) in [5.74, 6) is 0.291. The first-order valence-corrected chi connectivity index (χ1v) is 6.26. The quantitative estimate of drug-likeness (QED) is 0.529. The van der Waals surface area contributed by atoms with Crippen molar-refractivity contribution in [2.45, 2.75) is 24.7 Å². The largest absolute Gasteiger partial charge is 0.394 e. The Bertz CT molecular complexity index is 630. The number of nitrogen functional groups attached to an aromatic ring is 2. The van der Waals surface area contributed by atoms with Gasteiger partial charge in [-0.05, 0) is 6.42 Å². The second-order valence-electron chi connectivity index (χ2n) is 4.80. The third-order valence-electron chi connectivity index (χ3n) is 3.48. The molecule has 0 aliphatic carbocycles. The van der Waals surface area contributed by atoms with Crippen LogP contribution in [0, 0.1) is 0 Å². The Kier molecular flexibility index (Phi) is 3.16. The maximum atomic E-state index is 9.92. The van der Waals surface area contributed by atoms with E-state index in [1.165, 1.54) is 0 Å². The monoisotopic (exact) mass is 280 g/mol. The summed E-state index contributed by atoms with van der Waals surface area (Å²) in [5, 5.41) is 19.0. The van der Waals surface area contributed by atoms with Gasteiger partial charge in [-0.1, -0.05) is 0 Å². The second kappa shape index (κ2) is 4.85. The zero-order chi connectivity index (χ0) is 14.3. The summed E-state index contributed by atoms with van der Waals surface area (Å²) in [5.41, 5.74) is 12.3. The Morgan fingerprint density at radius 3 is 2.90 bits per heavy atom. The summed E-state index contributed by atoms with van der Waals surface area (Å²) in [6, 6.07) is -0.147. The molecule has 20 heavy (non-hydrogen) atoms. The van der Waals surface area contributed by atoms with Gasteiger partial charge in [-0.3, -0.25) is 0 Å². The van der Waals surface area contributed by atoms with E-state index in [4.69, 9.17) is 21.3 Å². The second-order valence-corrected chi connectivity index (χ2v) is 4.80. The molecule has 1 fully saturated rings. The summed E-state index contributed by atoms with van der Waals surface area (Å²) >= 11 is 0. The molecule has 0 bridgehead atoms. The maximum absolute atomic E-state index is 9.92. The molecule has 3 heterocycles. The van der Waals surface area contributed by atoms with Gasteiger partial charge in [0.05, 0.1) is 31.7 Å². The first-order valence-electron chi connectivity index (χ1n) is 6.26. The van der Waals surface area contributed by atoms with Gasteiger partial charge in [0.25, 0.3) is 0 Å². The highest BCUT2D eigenvalue weighted by Gasteiger charge is 2.31. The number of nitrogens with zero attached hydrogens (tertiary/aromatic N) is 4. The number of nitrogens with two attached hydrogens (primary N) is 2. The highest BCUT2D eigenvalue weighted by atomic mass is 16.5. The molecule has 2 aromatic heterocycles. The van der Waals surface area contributed by atoms with E-state index >= 15 is 0 Å². The number of aliphatic hydroxyl groups is 2. The van der Waals surface area contributed by atoms with Gasteiger partial charge < -0.3 is 31.0 Å². The van der Waals surface area contributed by atoms with Crippen LogP contribution >= 0.6 is 0 Å². The van der Waals surface area contributed by atoms with E-state index in [9.17, 15) is 5.11 Å². The molecule has 0 spiro atoms. The molecule has 0 radical (unpaired) electrons. The fraction of sp³-hybridized carbons (Fsp3) is 0.545. The van der Waals surface area contributed by atoms with Crippen LogP contribution in [-0.2, 0) is 4.74 Å². The molecule has 9 heteroatoms. The molecule has 1 aliphatic heterocycles. The minimum Gasteiger partial charge on any atom is -0.394 e. The lowest BCUT2D eigenvalue weighted by molar-refractivity contribution is -0.112. The fourth-order valence-corrected chi connectivity index (χ4v) is 2.44. The maximum Gasteiger partial charge on any atom is 0.224 e. The number of fused-ring (bicyclic) bond motifs is 1. The Balaban J connectivity index is 1.95. The van der Waals surface area contributed by atoms with E-state index in [1.807, 2.05) is 0 Å². The van der Waals surface area contributed by atoms with Crippen molar-refractivity contribution in [2.75, 3.05) is 24.7 Å². The summed E-state index contributed by atoms with van der Waals surface area (Å²) in [6.45, 7) is 0.137. The summed E-state index contributed by atoms with van der Waals surface area (Å²) < 4.78 is 7.20. The van der Waals surface area contributed by atoms with Gasteiger partial charge in [0, 0.05) is 0 Å². The van der Waals surface area contributed by atoms with Crippen molar-refractivity contribution in [2.24, 2.45) is 0 Å². The van der Waals surface area contributed by atoms with Gasteiger partial charge in [0.15, 0.2) is 11.5 Å². The van der Waals surface area contributed by atoms with Crippen LogP contribution in [0.4, 0.5) is 11.8 Å². The van der Waals surface area contributed by atoms with Gasteiger partial charge in [-0.15, -0.1) is 0 Å². The van der Waals surface area contributed by atoms with Crippen LogP contribution in [0.3, 0.4) is 0 Å². The van der Waals surface area contributed by atoms with E-state index in [1.54, 1.807) is 10.9 Å². The molecule has 1 aliphatic rings. The first kappa shape index (κ1) is 13.0. The van der Waals surface area contributed by atoms with Crippen LogP contribution in [0.25, 0.3) is 11.2 Å². The highest BCUT2D eigenvalue weighted by Crippen LogP contribution is 2.27. The van der Waals surface area contributed by atoms with E-state index in [-0.39, 0.29) is 24.4 Å². The van der Waals surface area contributed by atoms with Crippen molar-refractivity contribution in [3.63, 3.8) is 0 Å². The Morgan fingerprint density at radius 2 is 2.20 bits per heavy atom. The van der Waals surface area contributed by atoms with Crippen molar-refractivity contribution in [3.05, 3.63) is 6.33 Å². The van der Waals surface area contributed by atoms with Crippen molar-refractivity contribution in [3.8, 4) is 0 Å². The molecular weight excluding hydrogens is 264 g/mol. The molecule has 3 atom stereocenters. The number of hydrogen-bond acceptors (Lipinski definition) is 8. The minimum atomic E-state index is -0.743. The summed E-state index contributed by atoms with van der Waals surface area (Å²) in [4.78, 5) is 12.2. The number of aliphatic hydroxyl groups excluding tert-OH is 2. The predicted octanol–water partition coefficient (Wildman–Crippen LogP) is -1.33. The van der Waals surface area contributed by atoms with Crippen molar-refractivity contribution in [1.29, 1.82) is 0 Å². The van der Waals surface area contributed by atoms with Crippen molar-refractivity contribution < 1.29 is 14.9 Å². The van der Waals surface area contributed by atoms with Crippen molar-refractivity contribution >= 4 is 22.9 Å². The fourth-order valence-electron chi connectivity index (χ4n) is 2.44. The molecule has 108 valence electrons. The number of hydrogen-bond donors (Lipinski definition) is 4. The molecular formula is C11H16N6O3. The van der Waals surface area contributed by atoms with Crippen LogP contribution in [0.2, 0.25) is 0 Å². The smallest absolute Gasteiger partial charge is 0.224 e. The standard InChI is InChI=1S/C11H16N6O3/c12-9-8-10(16-11(13)15-9)17(4-14-8)5-1-6(19)7(2-18)20-3-5/h4-7,18-19H,1-3H2,(H4,12,13,15,16)/t5-,6+,7-/m1/s1. The minimum absolute atomic E-state index is 0.0715. The van der Waals surface area contributed by atoms with Crippen LogP contribution < -0.4 is 11.5 Å². The van der Waals surface area contributed by atoms with Crippen LogP contribution in [0.15, 0.2) is 6.33 Å². The lowest BCUT2D eigenvalue weighted by Crippen LogP contribution is -2.41. The Hall–Kier alpha value is -1.97. The van der Waals surface area contributed by atoms with Crippen LogP contribution in [-0.4, -0.2) is 55.2 Å². The molecule has 9 nitrogen and oxygen atoms in total. The number of imidazole rings is 1. The Morgan fingerprint density at radius 1 is 1.40 bits per heavy atom. The number of rotatable bonds is 2. The zero-order valence-corrected chi connectivity index (χ0v) is 10.7. The van der Waals surface area contributed by atoms with E-state index in [0.717, 1.165) is 0 Å². The molecule has 0 amide bonds. The lowest BCUT2D eigenvalue weighted by atomic mass is 10.0. The van der Waals surface area contributed by atoms with E-state index in [2.05, 4.69) is 15.0 Å². The predicted molar refractivity (Wildman–Crippen MR) is 70.6 cm³/mol. The highest BCUT2D eigenvalue weighted by molar-refractivity contribution is 5.82. The van der Waals surface area contributed by atoms with E-state index < -0.39 is 12.2 Å². The summed E-state index contributed by atoms with van der Waals surface area (Å²) in [6.07, 6.45) is 0.717. The molecule has 3 rings (SSSR count). The molecule has 0 unspecified atom stereocenters. The molecule has 6 N–H and O–H groups in total. The molecule has 0 aromatic carbocycles. The van der Waals surface area contributed by atoms with Crippen LogP contribution in [0.5, 0.6) is 0 Å². The van der Waals surface area contributed by atoms with Crippen LogP contribution in [0.1, 0.15) is 12.5 Å². The van der Waals surface area contributed by atoms with Gasteiger partial charge in [-0.2, -0.15) is 9.97 Å². The van der Waals surface area contributed by atoms with Gasteiger partial charge in [-0.25, -0.2) is 4.98 Å². The van der Waals surface area contributed by atoms with Crippen molar-refractivity contribution in [1.82, 2.24) is 19.5 Å². The Labute approximate surface area is 114 Å². The molecule has 1 saturated heterocycles. The molecule has 0 saturated carbocycles. The summed E-state index contributed by atoms with van der Waals surface area (Å²) in [7, 11) is 0. The normalized spacial score (nSPS) is 27.0. The lowest BCUT2D eigenvalue weighted by Gasteiger charge is -2.33. The number of ether oxygens (including phenoxy) is 1. The third-order valence-corrected chi connectivity index (χ3v) is 3.48. The van der Waals surface area contributed by atoms with Gasteiger partial charge in [0.2, 0.25) is 5.95 Å². The van der Waals surface area contributed by atoms with Gasteiger partial charge >= 0.3 is 0 Å². The van der Waals surface area contributed by atoms with E-state index in [0.29, 0.717) is 24.2 Å². The topological polar surface area (TPSA) is 145 Å². The third kappa shape index (κ3) is 2.05.